The summed E-state index contributed by atoms with van der Waals surface area (Å²) >= 11 is 0. The van der Waals surface area contributed by atoms with Crippen LogP contribution in [-0.4, -0.2) is 50.4 Å². The second kappa shape index (κ2) is 6.02. The number of nitrogens with one attached hydrogen (secondary N) is 1. The lowest BCUT2D eigenvalue weighted by Gasteiger charge is -2.32. The number of carbonyl (C=O) groups is 1. The van der Waals surface area contributed by atoms with Crippen molar-refractivity contribution < 1.29 is 9.53 Å². The summed E-state index contributed by atoms with van der Waals surface area (Å²) in [7, 11) is 0. The van der Waals surface area contributed by atoms with E-state index in [1.165, 1.54) is 18.5 Å². The Hall–Kier alpha value is -2.61. The smallest absolute Gasteiger partial charge is 0.291 e. The fraction of sp³-hybridized carbons (Fsp3) is 0.357. The molecule has 1 atom stereocenters. The van der Waals surface area contributed by atoms with Gasteiger partial charge in [-0.15, -0.1) is 0 Å². The van der Waals surface area contributed by atoms with E-state index in [0.717, 1.165) is 0 Å². The third-order valence-electron chi connectivity index (χ3n) is 3.32. The van der Waals surface area contributed by atoms with E-state index in [-0.39, 0.29) is 17.3 Å². The Morgan fingerprint density at radius 1 is 1.41 bits per heavy atom. The molecule has 3 rings (SSSR count). The van der Waals surface area contributed by atoms with Crippen LogP contribution in [-0.2, 0) is 4.74 Å². The monoisotopic (exact) mass is 301 g/mol. The van der Waals surface area contributed by atoms with Crippen molar-refractivity contribution >= 4 is 5.91 Å². The fourth-order valence-corrected chi connectivity index (χ4v) is 2.33. The minimum Gasteiger partial charge on any atom is -0.368 e. The van der Waals surface area contributed by atoms with Crippen molar-refractivity contribution in [3.8, 4) is 0 Å². The third-order valence-corrected chi connectivity index (χ3v) is 3.32. The normalized spacial score (nSPS) is 18.2. The van der Waals surface area contributed by atoms with Crippen LogP contribution in [0.2, 0.25) is 0 Å². The molecule has 1 amide bonds. The molecule has 0 aliphatic carbocycles. The fourth-order valence-electron chi connectivity index (χ4n) is 2.33. The Balaban J connectivity index is 1.79. The molecule has 2 aromatic heterocycles. The first-order valence-corrected chi connectivity index (χ1v) is 6.89. The molecular formula is C14H15N5O3. The van der Waals surface area contributed by atoms with E-state index < -0.39 is 6.10 Å². The molecule has 1 N–H and O–H groups in total. The minimum absolute atomic E-state index is 0.151. The third kappa shape index (κ3) is 3.01. The summed E-state index contributed by atoms with van der Waals surface area (Å²) in [6.07, 6.45) is 2.63. The van der Waals surface area contributed by atoms with Crippen LogP contribution in [0, 0.1) is 6.92 Å². The Kier molecular flexibility index (Phi) is 3.92. The van der Waals surface area contributed by atoms with Gasteiger partial charge in [-0.3, -0.25) is 9.59 Å². The zero-order chi connectivity index (χ0) is 15.5. The highest BCUT2D eigenvalue weighted by Gasteiger charge is 2.28. The van der Waals surface area contributed by atoms with E-state index in [1.54, 1.807) is 17.9 Å². The first-order valence-electron chi connectivity index (χ1n) is 6.89. The van der Waals surface area contributed by atoms with E-state index in [2.05, 4.69) is 19.9 Å². The molecule has 0 spiro atoms. The van der Waals surface area contributed by atoms with Crippen LogP contribution in [0.15, 0.2) is 29.3 Å². The highest BCUT2D eigenvalue weighted by molar-refractivity contribution is 5.90. The number of hydrogen-bond donors (Lipinski definition) is 1. The van der Waals surface area contributed by atoms with Crippen LogP contribution in [0.4, 0.5) is 0 Å². The Morgan fingerprint density at radius 2 is 2.18 bits per heavy atom. The Bertz CT molecular complexity index is 731. The molecule has 114 valence electrons. The van der Waals surface area contributed by atoms with E-state index in [4.69, 9.17) is 4.74 Å². The summed E-state index contributed by atoms with van der Waals surface area (Å²) in [5, 5.41) is 0. The predicted molar refractivity (Wildman–Crippen MR) is 76.2 cm³/mol. The number of aryl methyl sites for hydroxylation is 1. The Morgan fingerprint density at radius 3 is 2.91 bits per heavy atom. The number of nitrogens with zero attached hydrogens (tertiary/aromatic N) is 4. The summed E-state index contributed by atoms with van der Waals surface area (Å²) in [6.45, 7) is 2.84. The van der Waals surface area contributed by atoms with Gasteiger partial charge in [0.1, 0.15) is 11.9 Å². The molecule has 1 saturated heterocycles. The number of hydrogen-bond acceptors (Lipinski definition) is 6. The van der Waals surface area contributed by atoms with Gasteiger partial charge in [0.05, 0.1) is 18.8 Å². The quantitative estimate of drug-likeness (QED) is 0.843. The van der Waals surface area contributed by atoms with Crippen LogP contribution >= 0.6 is 0 Å². The number of aromatic nitrogens is 4. The molecule has 1 aliphatic rings. The number of morpholine rings is 1. The van der Waals surface area contributed by atoms with Crippen LogP contribution in [0.1, 0.15) is 28.2 Å². The number of amides is 1. The maximum absolute atomic E-state index is 12.4. The van der Waals surface area contributed by atoms with Gasteiger partial charge in [0.15, 0.2) is 0 Å². The van der Waals surface area contributed by atoms with Gasteiger partial charge in [-0.05, 0) is 13.0 Å². The lowest BCUT2D eigenvalue weighted by molar-refractivity contribution is -0.0252. The van der Waals surface area contributed by atoms with Gasteiger partial charge < -0.3 is 14.6 Å². The molecule has 22 heavy (non-hydrogen) atoms. The minimum atomic E-state index is -0.428. The maximum Gasteiger partial charge on any atom is 0.291 e. The van der Waals surface area contributed by atoms with E-state index in [0.29, 0.717) is 31.2 Å². The highest BCUT2D eigenvalue weighted by atomic mass is 16.5. The first kappa shape index (κ1) is 14.3. The van der Waals surface area contributed by atoms with E-state index in [9.17, 15) is 9.59 Å². The summed E-state index contributed by atoms with van der Waals surface area (Å²) in [6, 6.07) is 3.05. The van der Waals surface area contributed by atoms with Gasteiger partial charge in [0, 0.05) is 25.0 Å². The molecule has 0 radical (unpaired) electrons. The molecule has 1 unspecified atom stereocenters. The molecule has 0 bridgehead atoms. The van der Waals surface area contributed by atoms with Crippen LogP contribution in [0.25, 0.3) is 0 Å². The maximum atomic E-state index is 12.4. The van der Waals surface area contributed by atoms with Crippen LogP contribution < -0.4 is 5.56 Å². The molecule has 1 aliphatic heterocycles. The molecule has 8 nitrogen and oxygen atoms in total. The topological polar surface area (TPSA) is 101 Å². The second-order valence-electron chi connectivity index (χ2n) is 4.94. The molecule has 3 heterocycles. The average molecular weight is 301 g/mol. The zero-order valence-corrected chi connectivity index (χ0v) is 12.0. The van der Waals surface area contributed by atoms with Crippen molar-refractivity contribution in [3.05, 3.63) is 52.2 Å². The number of H-pyrrole nitrogens is 1. The summed E-state index contributed by atoms with van der Waals surface area (Å²) in [5.74, 6) is 0.412. The Labute approximate surface area is 126 Å². The van der Waals surface area contributed by atoms with Crippen LogP contribution in [0.3, 0.4) is 0 Å². The average Bonchev–Trinajstić information content (AvgIpc) is 2.54. The van der Waals surface area contributed by atoms with Crippen molar-refractivity contribution in [3.63, 3.8) is 0 Å². The summed E-state index contributed by atoms with van der Waals surface area (Å²) in [4.78, 5) is 40.3. The van der Waals surface area contributed by atoms with E-state index in [1.807, 2.05) is 0 Å². The lowest BCUT2D eigenvalue weighted by atomic mass is 10.2. The summed E-state index contributed by atoms with van der Waals surface area (Å²) in [5.41, 5.74) is 0.286. The second-order valence-corrected chi connectivity index (χ2v) is 4.94. The van der Waals surface area contributed by atoms with Gasteiger partial charge in [0.25, 0.3) is 11.5 Å². The van der Waals surface area contributed by atoms with Crippen molar-refractivity contribution in [2.24, 2.45) is 0 Å². The van der Waals surface area contributed by atoms with Gasteiger partial charge >= 0.3 is 0 Å². The van der Waals surface area contributed by atoms with Crippen molar-refractivity contribution in [2.75, 3.05) is 19.7 Å². The van der Waals surface area contributed by atoms with Gasteiger partial charge in [0.2, 0.25) is 5.82 Å². The van der Waals surface area contributed by atoms with Gasteiger partial charge in [-0.25, -0.2) is 15.0 Å². The highest BCUT2D eigenvalue weighted by Crippen LogP contribution is 2.20. The predicted octanol–water partition coefficient (Wildman–Crippen LogP) is 0.0820. The molecule has 2 aromatic rings. The largest absolute Gasteiger partial charge is 0.368 e. The van der Waals surface area contributed by atoms with Crippen molar-refractivity contribution in [1.29, 1.82) is 0 Å². The first-order chi connectivity index (χ1) is 10.6. The van der Waals surface area contributed by atoms with Gasteiger partial charge in [-0.2, -0.15) is 0 Å². The lowest BCUT2D eigenvalue weighted by Crippen LogP contribution is -2.43. The molecule has 0 aromatic carbocycles. The number of aromatic amines is 1. The zero-order valence-electron chi connectivity index (χ0n) is 12.0. The molecule has 1 fully saturated rings. The van der Waals surface area contributed by atoms with E-state index >= 15 is 0 Å². The molecule has 8 heteroatoms. The van der Waals surface area contributed by atoms with Crippen LogP contribution in [0.5, 0.6) is 0 Å². The van der Waals surface area contributed by atoms with Crippen molar-refractivity contribution in [1.82, 2.24) is 24.8 Å². The SMILES string of the molecule is Cc1nc(C2CN(C(=O)c3ncccn3)CCO2)cc(=O)[nH]1. The number of rotatable bonds is 2. The molecule has 0 saturated carbocycles. The number of ether oxygens (including phenoxy) is 1. The standard InChI is InChI=1S/C14H15N5O3/c1-9-17-10(7-12(20)18-9)11-8-19(5-6-22-11)14(21)13-15-3-2-4-16-13/h2-4,7,11H,5-6,8H2,1H3,(H,17,18,20). The van der Waals surface area contributed by atoms with Gasteiger partial charge in [-0.1, -0.05) is 0 Å². The molecular weight excluding hydrogens is 286 g/mol. The summed E-state index contributed by atoms with van der Waals surface area (Å²) < 4.78 is 5.64. The number of carbonyl (C=O) groups excluding carboxylic acids is 1. The van der Waals surface area contributed by atoms with Crippen molar-refractivity contribution in [2.45, 2.75) is 13.0 Å².